The number of esters is 1. The number of aromatic nitrogens is 2. The van der Waals surface area contributed by atoms with Crippen molar-refractivity contribution < 1.29 is 32.2 Å². The quantitative estimate of drug-likeness (QED) is 0.305. The van der Waals surface area contributed by atoms with Gasteiger partial charge in [0.1, 0.15) is 5.75 Å². The van der Waals surface area contributed by atoms with Crippen LogP contribution in [0.15, 0.2) is 48.5 Å². The molecule has 4 rings (SSSR count). The largest absolute Gasteiger partial charge is 0.493 e. The molecule has 0 fully saturated rings. The predicted molar refractivity (Wildman–Crippen MR) is 113 cm³/mol. The Morgan fingerprint density at radius 3 is 2.61 bits per heavy atom. The highest BCUT2D eigenvalue weighted by Crippen LogP contribution is 2.39. The van der Waals surface area contributed by atoms with E-state index in [-0.39, 0.29) is 18.8 Å². The van der Waals surface area contributed by atoms with E-state index in [0.29, 0.717) is 29.9 Å². The Labute approximate surface area is 187 Å². The molecule has 6 nitrogen and oxygen atoms in total. The van der Waals surface area contributed by atoms with Crippen molar-refractivity contribution in [2.75, 3.05) is 13.2 Å². The molecule has 0 saturated carbocycles. The summed E-state index contributed by atoms with van der Waals surface area (Å²) < 4.78 is 53.4. The highest BCUT2D eigenvalue weighted by molar-refractivity contribution is 6.42. The Bertz CT molecular complexity index is 1190. The number of alkyl halides is 3. The molecule has 0 bridgehead atoms. The molecule has 0 spiro atoms. The van der Waals surface area contributed by atoms with Gasteiger partial charge in [0.05, 0.1) is 31.0 Å². The second-order valence-electron chi connectivity index (χ2n) is 7.54. The maximum absolute atomic E-state index is 14.0. The van der Waals surface area contributed by atoms with Crippen LogP contribution in [-0.2, 0) is 28.7 Å². The van der Waals surface area contributed by atoms with Gasteiger partial charge in [-0.15, -0.1) is 0 Å². The van der Waals surface area contributed by atoms with Gasteiger partial charge >= 0.3 is 12.1 Å². The molecular weight excluding hydrogens is 437 g/mol. The van der Waals surface area contributed by atoms with Gasteiger partial charge in [0, 0.05) is 5.56 Å². The number of rotatable bonds is 6. The molecule has 0 aliphatic carbocycles. The highest BCUT2D eigenvalue weighted by atomic mass is 19.4. The van der Waals surface area contributed by atoms with Gasteiger partial charge in [-0.05, 0) is 49.1 Å². The molecule has 0 N–H and O–H groups in total. The van der Waals surface area contributed by atoms with Crippen molar-refractivity contribution >= 4 is 11.8 Å². The van der Waals surface area contributed by atoms with Crippen LogP contribution < -0.4 is 4.74 Å². The fourth-order valence-corrected chi connectivity index (χ4v) is 3.85. The Hall–Kier alpha value is -3.62. The topological polar surface area (TPSA) is 70.4 Å². The summed E-state index contributed by atoms with van der Waals surface area (Å²) in [4.78, 5) is 25.1. The minimum absolute atomic E-state index is 0.0249. The summed E-state index contributed by atoms with van der Waals surface area (Å²) in [5, 5.41) is 3.76. The molecule has 3 aromatic rings. The Kier molecular flexibility index (Phi) is 6.22. The van der Waals surface area contributed by atoms with Gasteiger partial charge in [0.25, 0.3) is 5.78 Å². The Morgan fingerprint density at radius 1 is 1.15 bits per heavy atom. The minimum Gasteiger partial charge on any atom is -0.493 e. The lowest BCUT2D eigenvalue weighted by Crippen LogP contribution is -2.22. The van der Waals surface area contributed by atoms with E-state index in [1.807, 2.05) is 0 Å². The number of benzene rings is 2. The van der Waals surface area contributed by atoms with Gasteiger partial charge in [-0.3, -0.25) is 9.48 Å². The summed E-state index contributed by atoms with van der Waals surface area (Å²) >= 11 is 0. The van der Waals surface area contributed by atoms with Crippen molar-refractivity contribution in [3.63, 3.8) is 0 Å². The summed E-state index contributed by atoms with van der Waals surface area (Å²) in [6.07, 6.45) is -3.50. The molecule has 1 aliphatic rings. The van der Waals surface area contributed by atoms with E-state index in [1.54, 1.807) is 48.5 Å². The zero-order chi connectivity index (χ0) is 23.6. The number of nitrogens with zero attached hydrogens (tertiary/aromatic N) is 2. The molecule has 33 heavy (non-hydrogen) atoms. The van der Waals surface area contributed by atoms with Crippen LogP contribution in [0.2, 0.25) is 0 Å². The van der Waals surface area contributed by atoms with E-state index in [4.69, 9.17) is 9.47 Å². The van der Waals surface area contributed by atoms with Gasteiger partial charge in [-0.1, -0.05) is 30.3 Å². The first-order valence-electron chi connectivity index (χ1n) is 10.5. The van der Waals surface area contributed by atoms with Crippen LogP contribution >= 0.6 is 0 Å². The molecule has 0 unspecified atom stereocenters. The summed E-state index contributed by atoms with van der Waals surface area (Å²) in [6.45, 7) is 1.86. The zero-order valence-corrected chi connectivity index (χ0v) is 17.8. The zero-order valence-electron chi connectivity index (χ0n) is 17.8. The van der Waals surface area contributed by atoms with Crippen LogP contribution in [0.25, 0.3) is 11.3 Å². The maximum Gasteiger partial charge on any atom is 0.435 e. The van der Waals surface area contributed by atoms with Crippen molar-refractivity contribution in [2.24, 2.45) is 0 Å². The van der Waals surface area contributed by atoms with Gasteiger partial charge in [-0.25, -0.2) is 4.79 Å². The average molecular weight is 458 g/mol. The maximum atomic E-state index is 14.0. The minimum atomic E-state index is -4.95. The second kappa shape index (κ2) is 9.09. The van der Waals surface area contributed by atoms with Crippen LogP contribution in [0.5, 0.6) is 5.75 Å². The SMILES string of the molecule is CCOC(=O)C(=O)c1c(C(F)(F)F)nn(Cc2ccccc2)c1-c1ccc2c(c1)CCCO2. The monoisotopic (exact) mass is 458 g/mol. The first kappa shape index (κ1) is 22.6. The average Bonchev–Trinajstić information content (AvgIpc) is 3.18. The number of fused-ring (bicyclic) bond motifs is 1. The van der Waals surface area contributed by atoms with Crippen LogP contribution in [-0.4, -0.2) is 34.7 Å². The van der Waals surface area contributed by atoms with Crippen LogP contribution in [0.1, 0.15) is 40.5 Å². The van der Waals surface area contributed by atoms with Gasteiger partial charge in [-0.2, -0.15) is 18.3 Å². The van der Waals surface area contributed by atoms with Crippen molar-refractivity contribution in [3.05, 3.63) is 70.9 Å². The van der Waals surface area contributed by atoms with Crippen molar-refractivity contribution in [2.45, 2.75) is 32.5 Å². The van der Waals surface area contributed by atoms with E-state index in [2.05, 4.69) is 5.10 Å². The fraction of sp³-hybridized carbons (Fsp3) is 0.292. The molecule has 0 saturated heterocycles. The normalized spacial score (nSPS) is 13.2. The van der Waals surface area contributed by atoms with Gasteiger partial charge in [0.2, 0.25) is 0 Å². The number of hydrogen-bond acceptors (Lipinski definition) is 5. The number of aryl methyl sites for hydroxylation is 1. The van der Waals surface area contributed by atoms with E-state index in [9.17, 15) is 22.8 Å². The predicted octanol–water partition coefficient (Wildman–Crippen LogP) is 4.69. The van der Waals surface area contributed by atoms with E-state index < -0.39 is 29.2 Å². The third-order valence-corrected chi connectivity index (χ3v) is 5.27. The first-order chi connectivity index (χ1) is 15.8. The lowest BCUT2D eigenvalue weighted by molar-refractivity contribution is -0.142. The van der Waals surface area contributed by atoms with E-state index in [1.165, 1.54) is 6.92 Å². The number of hydrogen-bond donors (Lipinski definition) is 0. The number of carbonyl (C=O) groups excluding carboxylic acids is 2. The third kappa shape index (κ3) is 4.62. The van der Waals surface area contributed by atoms with Crippen LogP contribution in [0.4, 0.5) is 13.2 Å². The summed E-state index contributed by atoms with van der Waals surface area (Å²) in [6, 6.07) is 13.7. The molecule has 1 aliphatic heterocycles. The lowest BCUT2D eigenvalue weighted by atomic mass is 9.97. The number of Topliss-reactive ketones (excluding diaryl/α,β-unsaturated/α-hetero) is 1. The summed E-state index contributed by atoms with van der Waals surface area (Å²) in [7, 11) is 0. The molecule has 0 amide bonds. The number of carbonyl (C=O) groups is 2. The summed E-state index contributed by atoms with van der Waals surface area (Å²) in [5.74, 6) is -2.09. The van der Waals surface area contributed by atoms with Crippen molar-refractivity contribution in [3.8, 4) is 17.0 Å². The smallest absolute Gasteiger partial charge is 0.435 e. The molecule has 1 aromatic heterocycles. The number of ether oxygens (including phenoxy) is 2. The highest BCUT2D eigenvalue weighted by Gasteiger charge is 2.43. The second-order valence-corrected chi connectivity index (χ2v) is 7.54. The van der Waals surface area contributed by atoms with Gasteiger partial charge in [0.15, 0.2) is 5.69 Å². The van der Waals surface area contributed by atoms with E-state index >= 15 is 0 Å². The molecule has 0 radical (unpaired) electrons. The Morgan fingerprint density at radius 2 is 1.91 bits per heavy atom. The molecule has 172 valence electrons. The summed E-state index contributed by atoms with van der Waals surface area (Å²) in [5.41, 5.74) is -0.474. The standard InChI is InChI=1S/C24H21F3N2O4/c1-2-32-23(31)21(30)19-20(17-10-11-18-16(13-17)9-6-12-33-18)29(28-22(19)24(25,26)27)14-15-7-4-3-5-8-15/h3-5,7-8,10-11,13H,2,6,9,12,14H2,1H3. The third-order valence-electron chi connectivity index (χ3n) is 5.27. The van der Waals surface area contributed by atoms with Crippen LogP contribution in [0, 0.1) is 0 Å². The molecule has 2 aromatic carbocycles. The first-order valence-corrected chi connectivity index (χ1v) is 10.5. The molecule has 2 heterocycles. The lowest BCUT2D eigenvalue weighted by Gasteiger charge is -2.18. The van der Waals surface area contributed by atoms with Crippen molar-refractivity contribution in [1.82, 2.24) is 9.78 Å². The molecular formula is C24H21F3N2O4. The van der Waals surface area contributed by atoms with Crippen molar-refractivity contribution in [1.29, 1.82) is 0 Å². The molecule has 0 atom stereocenters. The van der Waals surface area contributed by atoms with Gasteiger partial charge < -0.3 is 9.47 Å². The Balaban J connectivity index is 1.95. The number of ketones is 1. The van der Waals surface area contributed by atoms with Crippen LogP contribution in [0.3, 0.4) is 0 Å². The van der Waals surface area contributed by atoms with E-state index in [0.717, 1.165) is 16.7 Å². The molecule has 9 heteroatoms. The fourth-order valence-electron chi connectivity index (χ4n) is 3.85. The number of halogens is 3.